The first-order valence-electron chi connectivity index (χ1n) is 7.74. The molecule has 24 heavy (non-hydrogen) atoms. The van der Waals surface area contributed by atoms with Gasteiger partial charge in [-0.1, -0.05) is 17.3 Å². The lowest BCUT2D eigenvalue weighted by molar-refractivity contribution is -0.118. The van der Waals surface area contributed by atoms with Gasteiger partial charge in [0.25, 0.3) is 0 Å². The van der Waals surface area contributed by atoms with Gasteiger partial charge in [-0.3, -0.25) is 4.79 Å². The van der Waals surface area contributed by atoms with Gasteiger partial charge in [0.15, 0.2) is 0 Å². The fourth-order valence-electron chi connectivity index (χ4n) is 2.34. The number of aromatic nitrogens is 2. The maximum absolute atomic E-state index is 11.9. The molecule has 0 saturated carbocycles. The van der Waals surface area contributed by atoms with E-state index in [-0.39, 0.29) is 5.91 Å². The van der Waals surface area contributed by atoms with E-state index in [0.717, 1.165) is 39.7 Å². The largest absolute Gasteiger partial charge is 0.361 e. The first-order chi connectivity index (χ1) is 11.6. The van der Waals surface area contributed by atoms with Crippen LogP contribution in [0.1, 0.15) is 22.0 Å². The molecule has 2 heterocycles. The summed E-state index contributed by atoms with van der Waals surface area (Å²) in [6.45, 7) is 4.43. The Balaban J connectivity index is 1.39. The number of benzene rings is 1. The van der Waals surface area contributed by atoms with E-state index in [0.29, 0.717) is 12.3 Å². The van der Waals surface area contributed by atoms with E-state index in [4.69, 9.17) is 4.52 Å². The summed E-state index contributed by atoms with van der Waals surface area (Å²) in [5.41, 5.74) is 3.01. The van der Waals surface area contributed by atoms with Crippen molar-refractivity contribution in [2.75, 3.05) is 12.3 Å². The van der Waals surface area contributed by atoms with Gasteiger partial charge in [-0.2, -0.15) is 0 Å². The lowest BCUT2D eigenvalue weighted by atomic mass is 10.2. The third kappa shape index (κ3) is 4.15. The van der Waals surface area contributed by atoms with Gasteiger partial charge in [0, 0.05) is 24.3 Å². The molecule has 0 aliphatic heterocycles. The van der Waals surface area contributed by atoms with Crippen molar-refractivity contribution in [1.82, 2.24) is 15.5 Å². The maximum Gasteiger partial charge on any atom is 0.230 e. The van der Waals surface area contributed by atoms with Crippen molar-refractivity contribution < 1.29 is 9.32 Å². The zero-order valence-electron chi connectivity index (χ0n) is 13.7. The molecule has 1 N–H and O–H groups in total. The minimum absolute atomic E-state index is 0.0490. The van der Waals surface area contributed by atoms with Gasteiger partial charge in [0.05, 0.1) is 26.7 Å². The topological polar surface area (TPSA) is 68.0 Å². The van der Waals surface area contributed by atoms with Gasteiger partial charge in [-0.05, 0) is 26.0 Å². The quantitative estimate of drug-likeness (QED) is 0.698. The highest BCUT2D eigenvalue weighted by Crippen LogP contribution is 2.21. The van der Waals surface area contributed by atoms with Gasteiger partial charge in [-0.25, -0.2) is 4.98 Å². The highest BCUT2D eigenvalue weighted by atomic mass is 32.2. The number of fused-ring (bicyclic) bond motifs is 1. The Hall–Kier alpha value is -1.86. The van der Waals surface area contributed by atoms with Crippen LogP contribution < -0.4 is 5.32 Å². The van der Waals surface area contributed by atoms with Gasteiger partial charge >= 0.3 is 0 Å². The van der Waals surface area contributed by atoms with Crippen molar-refractivity contribution in [1.29, 1.82) is 0 Å². The fourth-order valence-corrected chi connectivity index (χ4v) is 4.31. The van der Waals surface area contributed by atoms with Gasteiger partial charge < -0.3 is 9.84 Å². The molecule has 7 heteroatoms. The van der Waals surface area contributed by atoms with Crippen LogP contribution in [0.2, 0.25) is 0 Å². The van der Waals surface area contributed by atoms with E-state index in [2.05, 4.69) is 21.5 Å². The summed E-state index contributed by atoms with van der Waals surface area (Å²) in [4.78, 5) is 16.5. The van der Waals surface area contributed by atoms with E-state index in [1.54, 1.807) is 23.1 Å². The van der Waals surface area contributed by atoms with Crippen molar-refractivity contribution in [3.05, 3.63) is 46.3 Å². The Morgan fingerprint density at radius 2 is 2.17 bits per heavy atom. The summed E-state index contributed by atoms with van der Waals surface area (Å²) >= 11 is 3.26. The molecule has 1 aromatic carbocycles. The van der Waals surface area contributed by atoms with E-state index in [9.17, 15) is 4.79 Å². The molecule has 0 fully saturated rings. The Morgan fingerprint density at radius 1 is 1.33 bits per heavy atom. The van der Waals surface area contributed by atoms with Crippen LogP contribution in [-0.4, -0.2) is 28.3 Å². The van der Waals surface area contributed by atoms with Gasteiger partial charge in [-0.15, -0.1) is 23.1 Å². The minimum Gasteiger partial charge on any atom is -0.361 e. The molecule has 3 aromatic rings. The number of amides is 1. The molecule has 0 unspecified atom stereocenters. The van der Waals surface area contributed by atoms with Crippen molar-refractivity contribution in [3.8, 4) is 0 Å². The average Bonchev–Trinajstić information content (AvgIpc) is 3.12. The monoisotopic (exact) mass is 361 g/mol. The molecule has 3 rings (SSSR count). The van der Waals surface area contributed by atoms with Crippen molar-refractivity contribution >= 4 is 39.2 Å². The lowest BCUT2D eigenvalue weighted by Gasteiger charge is -2.04. The van der Waals surface area contributed by atoms with Crippen LogP contribution in [0.4, 0.5) is 0 Å². The van der Waals surface area contributed by atoms with Crippen LogP contribution in [0.25, 0.3) is 10.2 Å². The highest BCUT2D eigenvalue weighted by Gasteiger charge is 2.10. The minimum atomic E-state index is 0.0490. The van der Waals surface area contributed by atoms with Crippen molar-refractivity contribution in [2.45, 2.75) is 26.0 Å². The number of aryl methyl sites for hydroxylation is 2. The van der Waals surface area contributed by atoms with Crippen molar-refractivity contribution in [2.24, 2.45) is 0 Å². The number of nitrogens with one attached hydrogen (secondary N) is 1. The predicted molar refractivity (Wildman–Crippen MR) is 98.5 cm³/mol. The first kappa shape index (κ1) is 17.0. The van der Waals surface area contributed by atoms with Crippen LogP contribution in [0.5, 0.6) is 0 Å². The highest BCUT2D eigenvalue weighted by molar-refractivity contribution is 7.99. The van der Waals surface area contributed by atoms with Crippen LogP contribution in [0.3, 0.4) is 0 Å². The number of rotatable bonds is 7. The molecule has 2 aromatic heterocycles. The number of para-hydroxylation sites is 1. The normalized spacial score (nSPS) is 11.1. The molecular formula is C17H19N3O2S2. The van der Waals surface area contributed by atoms with Crippen molar-refractivity contribution in [3.63, 3.8) is 0 Å². The SMILES string of the molecule is Cc1noc(C)c1CSCC(=O)NCCc1nc2ccccc2s1. The lowest BCUT2D eigenvalue weighted by Crippen LogP contribution is -2.27. The number of thiazole rings is 1. The number of carbonyl (C=O) groups excluding carboxylic acids is 1. The summed E-state index contributed by atoms with van der Waals surface area (Å²) in [6, 6.07) is 8.09. The molecule has 0 saturated heterocycles. The number of hydrogen-bond acceptors (Lipinski definition) is 6. The average molecular weight is 361 g/mol. The van der Waals surface area contributed by atoms with Gasteiger partial charge in [0.1, 0.15) is 5.76 Å². The molecule has 0 aliphatic carbocycles. The molecule has 0 aliphatic rings. The van der Waals surface area contributed by atoms with Crippen LogP contribution in [0, 0.1) is 13.8 Å². The molecule has 0 bridgehead atoms. The second-order valence-corrected chi connectivity index (χ2v) is 7.57. The number of nitrogens with zero attached hydrogens (tertiary/aromatic N) is 2. The molecule has 0 radical (unpaired) electrons. The zero-order chi connectivity index (χ0) is 16.9. The predicted octanol–water partition coefficient (Wildman–Crippen LogP) is 3.49. The first-order valence-corrected chi connectivity index (χ1v) is 9.71. The third-order valence-electron chi connectivity index (χ3n) is 3.66. The molecule has 1 amide bonds. The Morgan fingerprint density at radius 3 is 2.92 bits per heavy atom. The summed E-state index contributed by atoms with van der Waals surface area (Å²) in [6.07, 6.45) is 0.764. The smallest absolute Gasteiger partial charge is 0.230 e. The standard InChI is InChI=1S/C17H19N3O2S2/c1-11-13(12(2)22-20-11)9-23-10-16(21)18-8-7-17-19-14-5-3-4-6-15(14)24-17/h3-6H,7-10H2,1-2H3,(H,18,21). The second-order valence-electron chi connectivity index (χ2n) is 5.47. The Bertz CT molecular complexity index is 789. The van der Waals surface area contributed by atoms with E-state index in [1.807, 2.05) is 32.0 Å². The summed E-state index contributed by atoms with van der Waals surface area (Å²) in [7, 11) is 0. The summed E-state index contributed by atoms with van der Waals surface area (Å²) in [5, 5.41) is 7.93. The molecule has 0 spiro atoms. The summed E-state index contributed by atoms with van der Waals surface area (Å²) in [5.74, 6) is 2.06. The van der Waals surface area contributed by atoms with E-state index in [1.165, 1.54) is 4.70 Å². The number of carbonyl (C=O) groups is 1. The van der Waals surface area contributed by atoms with Gasteiger partial charge in [0.2, 0.25) is 5.91 Å². The van der Waals surface area contributed by atoms with Crippen LogP contribution in [0.15, 0.2) is 28.8 Å². The fraction of sp³-hybridized carbons (Fsp3) is 0.353. The number of hydrogen-bond donors (Lipinski definition) is 1. The molecule has 126 valence electrons. The van der Waals surface area contributed by atoms with Crippen LogP contribution in [-0.2, 0) is 17.0 Å². The third-order valence-corrected chi connectivity index (χ3v) is 5.72. The second kappa shape index (κ2) is 7.81. The van der Waals surface area contributed by atoms with E-state index < -0.39 is 0 Å². The Labute approximate surface area is 148 Å². The summed E-state index contributed by atoms with van der Waals surface area (Å²) < 4.78 is 6.31. The maximum atomic E-state index is 11.9. The molecule has 0 atom stereocenters. The zero-order valence-corrected chi connectivity index (χ0v) is 15.3. The molecule has 5 nitrogen and oxygen atoms in total. The van der Waals surface area contributed by atoms with Crippen LogP contribution >= 0.6 is 23.1 Å². The Kier molecular flexibility index (Phi) is 5.52. The van der Waals surface area contributed by atoms with E-state index >= 15 is 0 Å². The molecular weight excluding hydrogens is 342 g/mol. The number of thioether (sulfide) groups is 1.